The van der Waals surface area contributed by atoms with Crippen LogP contribution in [0.5, 0.6) is 0 Å². The average molecular weight is 375 g/mol. The molecule has 2 aromatic rings. The highest BCUT2D eigenvalue weighted by atomic mass is 32.2. The smallest absolute Gasteiger partial charge is 0.232 e. The van der Waals surface area contributed by atoms with Crippen LogP contribution in [0.25, 0.3) is 0 Å². The molecule has 1 amide bonds. The molecule has 6 heteroatoms. The zero-order chi connectivity index (χ0) is 19.3. The molecule has 2 rings (SSSR count). The minimum atomic E-state index is -3.47. The Morgan fingerprint density at radius 1 is 1.08 bits per heavy atom. The predicted molar refractivity (Wildman–Crippen MR) is 107 cm³/mol. The van der Waals surface area contributed by atoms with E-state index < -0.39 is 10.0 Å². The van der Waals surface area contributed by atoms with E-state index in [-0.39, 0.29) is 18.9 Å². The maximum absolute atomic E-state index is 12.2. The maximum atomic E-state index is 12.2. The quantitative estimate of drug-likeness (QED) is 0.799. The molecule has 0 aromatic heterocycles. The summed E-state index contributed by atoms with van der Waals surface area (Å²) in [5.74, 6) is 0.210. The lowest BCUT2D eigenvalue weighted by molar-refractivity contribution is -0.116. The number of hydrogen-bond acceptors (Lipinski definition) is 3. The monoisotopic (exact) mass is 374 g/mol. The second-order valence-corrected chi connectivity index (χ2v) is 8.60. The number of hydrogen-bond donors (Lipinski definition) is 1. The molecule has 0 bridgehead atoms. The van der Waals surface area contributed by atoms with E-state index in [1.165, 1.54) is 9.87 Å². The second kappa shape index (κ2) is 8.36. The van der Waals surface area contributed by atoms with Gasteiger partial charge in [0.05, 0.1) is 11.9 Å². The van der Waals surface area contributed by atoms with Crippen LogP contribution in [0.1, 0.15) is 37.3 Å². The summed E-state index contributed by atoms with van der Waals surface area (Å²) in [6.45, 7) is 6.17. The molecule has 1 N–H and O–H groups in total. The first-order valence-electron chi connectivity index (χ1n) is 8.61. The molecule has 0 aliphatic rings. The fourth-order valence-corrected chi connectivity index (χ4v) is 3.67. The van der Waals surface area contributed by atoms with Crippen molar-refractivity contribution in [2.75, 3.05) is 22.4 Å². The summed E-state index contributed by atoms with van der Waals surface area (Å²) in [6.07, 6.45) is 1.23. The van der Waals surface area contributed by atoms with E-state index in [1.807, 2.05) is 43.3 Å². The van der Waals surface area contributed by atoms with E-state index in [4.69, 9.17) is 0 Å². The highest BCUT2D eigenvalue weighted by Crippen LogP contribution is 2.22. The number of sulfonamides is 1. The Kier molecular flexibility index (Phi) is 6.42. The molecule has 0 aliphatic carbocycles. The van der Waals surface area contributed by atoms with E-state index in [0.717, 1.165) is 11.8 Å². The van der Waals surface area contributed by atoms with Gasteiger partial charge >= 0.3 is 0 Å². The minimum absolute atomic E-state index is 0.0767. The molecule has 0 radical (unpaired) electrons. The van der Waals surface area contributed by atoms with Gasteiger partial charge in [-0.25, -0.2) is 8.42 Å². The largest absolute Gasteiger partial charge is 0.326 e. The third-order valence-corrected chi connectivity index (χ3v) is 5.37. The third kappa shape index (κ3) is 5.33. The van der Waals surface area contributed by atoms with Crippen LogP contribution in [0.4, 0.5) is 11.4 Å². The molecule has 0 saturated heterocycles. The van der Waals surface area contributed by atoms with E-state index >= 15 is 0 Å². The highest BCUT2D eigenvalue weighted by Gasteiger charge is 2.20. The molecule has 26 heavy (non-hydrogen) atoms. The van der Waals surface area contributed by atoms with Gasteiger partial charge in [-0.15, -0.1) is 0 Å². The summed E-state index contributed by atoms with van der Waals surface area (Å²) in [6, 6.07) is 14.9. The van der Waals surface area contributed by atoms with Crippen molar-refractivity contribution < 1.29 is 13.2 Å². The summed E-state index contributed by atoms with van der Waals surface area (Å²) in [4.78, 5) is 12.2. The van der Waals surface area contributed by atoms with Crippen molar-refractivity contribution in [3.05, 3.63) is 59.7 Å². The second-order valence-electron chi connectivity index (χ2n) is 6.70. The Bertz CT molecular complexity index is 859. The van der Waals surface area contributed by atoms with Gasteiger partial charge in [0, 0.05) is 18.7 Å². The predicted octanol–water partition coefficient (Wildman–Crippen LogP) is 3.91. The average Bonchev–Trinajstić information content (AvgIpc) is 2.56. The number of carbonyl (C=O) groups excluding carboxylic acids is 1. The van der Waals surface area contributed by atoms with Gasteiger partial charge in [-0.05, 0) is 42.2 Å². The lowest BCUT2D eigenvalue weighted by Crippen LogP contribution is -2.33. The summed E-state index contributed by atoms with van der Waals surface area (Å²) in [7, 11) is -3.47. The lowest BCUT2D eigenvalue weighted by Gasteiger charge is -2.23. The number of benzene rings is 2. The molecule has 0 saturated carbocycles. The van der Waals surface area contributed by atoms with Crippen molar-refractivity contribution in [3.63, 3.8) is 0 Å². The van der Waals surface area contributed by atoms with Gasteiger partial charge in [-0.1, -0.05) is 44.2 Å². The van der Waals surface area contributed by atoms with Gasteiger partial charge in [0.25, 0.3) is 0 Å². The maximum Gasteiger partial charge on any atom is 0.232 e. The van der Waals surface area contributed by atoms with Crippen LogP contribution in [0, 0.1) is 6.92 Å². The molecule has 0 unspecified atom stereocenters. The Balaban J connectivity index is 2.04. The molecule has 0 atom stereocenters. The number of aryl methyl sites for hydroxylation is 1. The molecule has 2 aromatic carbocycles. The molecule has 0 fully saturated rings. The number of para-hydroxylation sites is 1. The van der Waals surface area contributed by atoms with E-state index in [2.05, 4.69) is 19.2 Å². The van der Waals surface area contributed by atoms with Gasteiger partial charge < -0.3 is 5.32 Å². The zero-order valence-corrected chi connectivity index (χ0v) is 16.5. The topological polar surface area (TPSA) is 66.5 Å². The number of amides is 1. The van der Waals surface area contributed by atoms with E-state index in [1.54, 1.807) is 12.1 Å². The van der Waals surface area contributed by atoms with Crippen LogP contribution in [0.15, 0.2) is 48.5 Å². The first-order valence-corrected chi connectivity index (χ1v) is 10.5. The molecule has 0 aliphatic heterocycles. The van der Waals surface area contributed by atoms with Crippen LogP contribution in [0.3, 0.4) is 0 Å². The van der Waals surface area contributed by atoms with Crippen molar-refractivity contribution in [2.45, 2.75) is 33.1 Å². The fourth-order valence-electron chi connectivity index (χ4n) is 2.69. The Morgan fingerprint density at radius 3 is 2.23 bits per heavy atom. The van der Waals surface area contributed by atoms with Crippen molar-refractivity contribution in [2.24, 2.45) is 0 Å². The summed E-state index contributed by atoms with van der Waals surface area (Å²) >= 11 is 0. The van der Waals surface area contributed by atoms with Gasteiger partial charge in [0.2, 0.25) is 15.9 Å². The number of nitrogens with one attached hydrogen (secondary N) is 1. The van der Waals surface area contributed by atoms with E-state index in [9.17, 15) is 13.2 Å². The van der Waals surface area contributed by atoms with Crippen LogP contribution in [-0.4, -0.2) is 27.1 Å². The number of carbonyl (C=O) groups is 1. The van der Waals surface area contributed by atoms with Gasteiger partial charge in [-0.3, -0.25) is 9.10 Å². The molecular formula is C20H26N2O3S. The number of nitrogens with zero attached hydrogens (tertiary/aromatic N) is 1. The lowest BCUT2D eigenvalue weighted by atomic mass is 10.0. The van der Waals surface area contributed by atoms with Crippen LogP contribution in [0.2, 0.25) is 0 Å². The standard InChI is InChI=1S/C20H26N2O3S/c1-15(2)17-9-11-18(12-10-17)21-20(23)13-14-22(26(4,24)25)19-8-6-5-7-16(19)3/h5-12,15H,13-14H2,1-4H3,(H,21,23). The molecule has 5 nitrogen and oxygen atoms in total. The molecular weight excluding hydrogens is 348 g/mol. The number of rotatable bonds is 7. The summed E-state index contributed by atoms with van der Waals surface area (Å²) in [5.41, 5.74) is 3.36. The van der Waals surface area contributed by atoms with Crippen molar-refractivity contribution in [1.82, 2.24) is 0 Å². The van der Waals surface area contributed by atoms with Crippen molar-refractivity contribution in [3.8, 4) is 0 Å². The Labute approximate surface area is 156 Å². The Hall–Kier alpha value is -2.34. The van der Waals surface area contributed by atoms with Gasteiger partial charge in [-0.2, -0.15) is 0 Å². The van der Waals surface area contributed by atoms with Gasteiger partial charge in [0.1, 0.15) is 0 Å². The number of anilines is 2. The van der Waals surface area contributed by atoms with Crippen LogP contribution >= 0.6 is 0 Å². The zero-order valence-electron chi connectivity index (χ0n) is 15.7. The summed E-state index contributed by atoms with van der Waals surface area (Å²) in [5, 5.41) is 2.82. The Morgan fingerprint density at radius 2 is 1.69 bits per heavy atom. The highest BCUT2D eigenvalue weighted by molar-refractivity contribution is 7.92. The first-order chi connectivity index (χ1) is 12.2. The first kappa shape index (κ1) is 20.0. The molecule has 0 spiro atoms. The van der Waals surface area contributed by atoms with Crippen LogP contribution in [-0.2, 0) is 14.8 Å². The minimum Gasteiger partial charge on any atom is -0.326 e. The van der Waals surface area contributed by atoms with Crippen LogP contribution < -0.4 is 9.62 Å². The summed E-state index contributed by atoms with van der Waals surface area (Å²) < 4.78 is 25.6. The normalized spacial score (nSPS) is 11.4. The molecule has 0 heterocycles. The van der Waals surface area contributed by atoms with Crippen molar-refractivity contribution in [1.29, 1.82) is 0 Å². The van der Waals surface area contributed by atoms with Crippen molar-refractivity contribution >= 4 is 27.3 Å². The van der Waals surface area contributed by atoms with E-state index in [0.29, 0.717) is 17.3 Å². The fraction of sp³-hybridized carbons (Fsp3) is 0.350. The third-order valence-electron chi connectivity index (χ3n) is 4.19. The molecule has 140 valence electrons. The van der Waals surface area contributed by atoms with Gasteiger partial charge in [0.15, 0.2) is 0 Å². The SMILES string of the molecule is Cc1ccccc1N(CCC(=O)Nc1ccc(C(C)C)cc1)S(C)(=O)=O.